The van der Waals surface area contributed by atoms with E-state index in [1.165, 1.54) is 0 Å². The largest absolute Gasteiger partial charge is 0.467 e. The summed E-state index contributed by atoms with van der Waals surface area (Å²) >= 11 is 5.96. The number of nitrogen functional groups attached to an aromatic ring is 1. The summed E-state index contributed by atoms with van der Waals surface area (Å²) in [7, 11) is 0. The summed E-state index contributed by atoms with van der Waals surface area (Å²) in [4.78, 5) is 14.6. The first-order valence-electron chi connectivity index (χ1n) is 7.06. The summed E-state index contributed by atoms with van der Waals surface area (Å²) in [6.45, 7) is 3.19. The number of benzene rings is 1. The van der Waals surface area contributed by atoms with Gasteiger partial charge in [-0.15, -0.1) is 0 Å². The van der Waals surface area contributed by atoms with Crippen LogP contribution < -0.4 is 21.5 Å². The third kappa shape index (κ3) is 2.66. The number of carbonyl (C=O) groups excluding carboxylic acids is 1. The van der Waals surface area contributed by atoms with E-state index in [0.29, 0.717) is 28.6 Å². The van der Waals surface area contributed by atoms with E-state index >= 15 is 0 Å². The molecule has 0 bridgehead atoms. The second-order valence-electron chi connectivity index (χ2n) is 5.55. The van der Waals surface area contributed by atoms with Crippen LogP contribution in [0.25, 0.3) is 0 Å². The van der Waals surface area contributed by atoms with Gasteiger partial charge in [0.15, 0.2) is 5.72 Å². The summed E-state index contributed by atoms with van der Waals surface area (Å²) in [5, 5.41) is 3.34. The number of piperidine rings is 1. The lowest BCUT2D eigenvalue weighted by Crippen LogP contribution is -2.61. The van der Waals surface area contributed by atoms with Crippen molar-refractivity contribution < 1.29 is 9.53 Å². The van der Waals surface area contributed by atoms with Crippen molar-refractivity contribution >= 4 is 23.2 Å². The van der Waals surface area contributed by atoms with Crippen LogP contribution in [0.2, 0.25) is 5.02 Å². The normalized spacial score (nSPS) is 20.8. The van der Waals surface area contributed by atoms with Crippen LogP contribution >= 0.6 is 11.6 Å². The zero-order chi connectivity index (χ0) is 15.0. The number of amides is 1. The highest BCUT2D eigenvalue weighted by atomic mass is 35.5. The second kappa shape index (κ2) is 5.36. The molecule has 0 aliphatic carbocycles. The van der Waals surface area contributed by atoms with Crippen LogP contribution in [0.3, 0.4) is 0 Å². The number of anilines is 1. The highest BCUT2D eigenvalue weighted by Crippen LogP contribution is 2.37. The van der Waals surface area contributed by atoms with Crippen LogP contribution in [0.15, 0.2) is 12.1 Å². The molecular weight excluding hydrogens is 292 g/mol. The fourth-order valence-electron chi connectivity index (χ4n) is 2.89. The molecule has 1 amide bonds. The van der Waals surface area contributed by atoms with Gasteiger partial charge in [-0.25, -0.2) is 0 Å². The highest BCUT2D eigenvalue weighted by Gasteiger charge is 2.42. The molecule has 0 aromatic heterocycles. The summed E-state index contributed by atoms with van der Waals surface area (Å²) in [5.74, 6) is 0.346. The van der Waals surface area contributed by atoms with E-state index in [4.69, 9.17) is 27.8 Å². The Balaban J connectivity index is 1.82. The Labute approximate surface area is 128 Å². The number of nitrogens with two attached hydrogens (primary N) is 2. The maximum atomic E-state index is 12.3. The minimum absolute atomic E-state index is 0.162. The molecule has 0 saturated carbocycles. The van der Waals surface area contributed by atoms with Crippen molar-refractivity contribution in [2.24, 2.45) is 5.73 Å². The first kappa shape index (κ1) is 14.4. The van der Waals surface area contributed by atoms with Crippen molar-refractivity contribution in [3.05, 3.63) is 22.7 Å². The Kier molecular flexibility index (Phi) is 3.69. The fraction of sp³-hybridized carbons (Fsp3) is 0.500. The molecule has 0 unspecified atom stereocenters. The number of rotatable bonds is 2. The number of likely N-dealkylation sites (tertiary alicyclic amines) is 1. The Morgan fingerprint density at radius 1 is 1.38 bits per heavy atom. The molecule has 21 heavy (non-hydrogen) atoms. The van der Waals surface area contributed by atoms with E-state index < -0.39 is 5.72 Å². The molecule has 0 atom stereocenters. The lowest BCUT2D eigenvalue weighted by molar-refractivity contribution is -0.0282. The molecule has 5 N–H and O–H groups in total. The summed E-state index contributed by atoms with van der Waals surface area (Å²) in [6, 6.07) is 3.18. The van der Waals surface area contributed by atoms with E-state index in [1.54, 1.807) is 12.1 Å². The van der Waals surface area contributed by atoms with Crippen LogP contribution in [0.1, 0.15) is 23.2 Å². The summed E-state index contributed by atoms with van der Waals surface area (Å²) in [6.07, 6.45) is 1.45. The number of hydrogen-bond acceptors (Lipinski definition) is 5. The predicted octanol–water partition coefficient (Wildman–Crippen LogP) is 0.795. The van der Waals surface area contributed by atoms with Crippen molar-refractivity contribution in [1.82, 2.24) is 10.2 Å². The lowest BCUT2D eigenvalue weighted by atomic mass is 9.97. The van der Waals surface area contributed by atoms with Gasteiger partial charge in [0.1, 0.15) is 5.75 Å². The maximum absolute atomic E-state index is 12.3. The zero-order valence-electron chi connectivity index (χ0n) is 11.7. The Hall–Kier alpha value is -1.50. The number of hydrogen-bond donors (Lipinski definition) is 3. The van der Waals surface area contributed by atoms with E-state index in [-0.39, 0.29) is 5.91 Å². The van der Waals surface area contributed by atoms with Gasteiger partial charge in [-0.1, -0.05) is 11.6 Å². The van der Waals surface area contributed by atoms with Crippen LogP contribution in [0.4, 0.5) is 5.69 Å². The van der Waals surface area contributed by atoms with Gasteiger partial charge in [0.05, 0.1) is 16.3 Å². The number of nitrogens with zero attached hydrogens (tertiary/aromatic N) is 1. The van der Waals surface area contributed by atoms with Crippen molar-refractivity contribution in [3.63, 3.8) is 0 Å². The summed E-state index contributed by atoms with van der Waals surface area (Å²) < 4.78 is 6.06. The third-order valence-electron chi connectivity index (χ3n) is 4.10. The van der Waals surface area contributed by atoms with E-state index in [1.807, 2.05) is 0 Å². The molecular formula is C14H19ClN4O2. The van der Waals surface area contributed by atoms with E-state index in [9.17, 15) is 4.79 Å². The average Bonchev–Trinajstić information content (AvgIpc) is 2.44. The average molecular weight is 311 g/mol. The minimum Gasteiger partial charge on any atom is -0.467 e. The molecule has 2 aliphatic rings. The van der Waals surface area contributed by atoms with Gasteiger partial charge < -0.3 is 26.4 Å². The molecule has 2 heterocycles. The van der Waals surface area contributed by atoms with Gasteiger partial charge >= 0.3 is 0 Å². The van der Waals surface area contributed by atoms with Crippen molar-refractivity contribution in [1.29, 1.82) is 0 Å². The third-order valence-corrected chi connectivity index (χ3v) is 4.43. The highest BCUT2D eigenvalue weighted by molar-refractivity contribution is 6.33. The van der Waals surface area contributed by atoms with Crippen molar-refractivity contribution in [2.45, 2.75) is 18.6 Å². The standard InChI is InChI=1S/C14H19ClN4O2/c15-10-7-9-12(8-11(10)17)21-14(18-13(9)20)1-4-19(5-2-14)6-3-16/h7-8H,1-6,16-17H2,(H,18,20). The Morgan fingerprint density at radius 2 is 2.10 bits per heavy atom. The number of fused-ring (bicyclic) bond motifs is 1. The van der Waals surface area contributed by atoms with Crippen LogP contribution in [-0.4, -0.2) is 42.7 Å². The van der Waals surface area contributed by atoms with Gasteiger partial charge in [-0.2, -0.15) is 0 Å². The van der Waals surface area contributed by atoms with Crippen molar-refractivity contribution in [3.8, 4) is 5.75 Å². The number of ether oxygens (including phenoxy) is 1. The smallest absolute Gasteiger partial charge is 0.258 e. The van der Waals surface area contributed by atoms with Crippen molar-refractivity contribution in [2.75, 3.05) is 31.9 Å². The van der Waals surface area contributed by atoms with E-state index in [2.05, 4.69) is 10.2 Å². The monoisotopic (exact) mass is 310 g/mol. The molecule has 1 aromatic carbocycles. The van der Waals surface area contributed by atoms with Crippen LogP contribution in [-0.2, 0) is 0 Å². The van der Waals surface area contributed by atoms with E-state index in [0.717, 1.165) is 32.5 Å². The maximum Gasteiger partial charge on any atom is 0.258 e. The Bertz CT molecular complexity index is 570. The number of carbonyl (C=O) groups is 1. The Morgan fingerprint density at radius 3 is 2.76 bits per heavy atom. The molecule has 7 heteroatoms. The molecule has 1 spiro atoms. The topological polar surface area (TPSA) is 93.6 Å². The molecule has 3 rings (SSSR count). The minimum atomic E-state index is -0.643. The lowest BCUT2D eigenvalue weighted by Gasteiger charge is -2.44. The van der Waals surface area contributed by atoms with Gasteiger partial charge in [-0.05, 0) is 6.07 Å². The SMILES string of the molecule is NCCN1CCC2(CC1)NC(=O)c1cc(Cl)c(N)cc1O2. The van der Waals surface area contributed by atoms with Crippen LogP contribution in [0, 0.1) is 0 Å². The molecule has 6 nitrogen and oxygen atoms in total. The van der Waals surface area contributed by atoms with Gasteiger partial charge in [-0.3, -0.25) is 4.79 Å². The molecule has 114 valence electrons. The molecule has 0 radical (unpaired) electrons. The van der Waals surface area contributed by atoms with Gasteiger partial charge in [0, 0.05) is 45.1 Å². The fourth-order valence-corrected chi connectivity index (χ4v) is 3.05. The van der Waals surface area contributed by atoms with Crippen LogP contribution in [0.5, 0.6) is 5.75 Å². The first-order valence-corrected chi connectivity index (χ1v) is 7.44. The zero-order valence-corrected chi connectivity index (χ0v) is 12.4. The summed E-state index contributed by atoms with van der Waals surface area (Å²) in [5.41, 5.74) is 11.6. The molecule has 1 saturated heterocycles. The van der Waals surface area contributed by atoms with Gasteiger partial charge in [0.2, 0.25) is 0 Å². The first-order chi connectivity index (χ1) is 10.0. The van der Waals surface area contributed by atoms with Gasteiger partial charge in [0.25, 0.3) is 5.91 Å². The predicted molar refractivity (Wildman–Crippen MR) is 81.4 cm³/mol. The molecule has 1 aromatic rings. The molecule has 1 fully saturated rings. The molecule has 2 aliphatic heterocycles. The quantitative estimate of drug-likeness (QED) is 0.702. The second-order valence-corrected chi connectivity index (χ2v) is 5.96. The number of halogens is 1. The number of nitrogens with one attached hydrogen (secondary N) is 1.